The van der Waals surface area contributed by atoms with Crippen LogP contribution in [-0.4, -0.2) is 16.7 Å². The maximum atomic E-state index is 6.30. The van der Waals surface area contributed by atoms with Crippen molar-refractivity contribution in [3.05, 3.63) is 44.8 Å². The quantitative estimate of drug-likeness (QED) is 0.576. The second-order valence-corrected chi connectivity index (χ2v) is 7.93. The van der Waals surface area contributed by atoms with E-state index in [1.165, 1.54) is 4.88 Å². The molecule has 3 aromatic rings. The average molecular weight is 386 g/mol. The largest absolute Gasteiger partial charge is 0.497 e. The molecule has 3 nitrogen and oxygen atoms in total. The van der Waals surface area contributed by atoms with Gasteiger partial charge in [0, 0.05) is 10.9 Å². The highest BCUT2D eigenvalue weighted by Crippen LogP contribution is 2.30. The van der Waals surface area contributed by atoms with Gasteiger partial charge in [-0.1, -0.05) is 0 Å². The molecular formula is C15H14BrClN2OS. The van der Waals surface area contributed by atoms with Crippen LogP contribution in [0.25, 0.3) is 11.0 Å². The van der Waals surface area contributed by atoms with Crippen LogP contribution in [0, 0.1) is 0 Å². The summed E-state index contributed by atoms with van der Waals surface area (Å²) in [5.74, 6) is 1.68. The number of hydrogen-bond donors (Lipinski definition) is 0. The summed E-state index contributed by atoms with van der Waals surface area (Å²) in [6, 6.07) is 10.1. The second kappa shape index (κ2) is 5.99. The highest BCUT2D eigenvalue weighted by atomic mass is 79.9. The van der Waals surface area contributed by atoms with Crippen molar-refractivity contribution in [2.24, 2.45) is 0 Å². The van der Waals surface area contributed by atoms with Gasteiger partial charge in [-0.05, 0) is 47.1 Å². The predicted molar refractivity (Wildman–Crippen MR) is 91.7 cm³/mol. The molecule has 21 heavy (non-hydrogen) atoms. The van der Waals surface area contributed by atoms with Crippen molar-refractivity contribution in [2.75, 3.05) is 7.11 Å². The average Bonchev–Trinajstić information content (AvgIpc) is 3.03. The normalized spacial score (nSPS) is 12.8. The van der Waals surface area contributed by atoms with Crippen LogP contribution < -0.4 is 4.74 Å². The van der Waals surface area contributed by atoms with Gasteiger partial charge in [-0.25, -0.2) is 4.98 Å². The standard InChI is InChI=1S/C15H14BrClN2OS/c1-9(17)15-18-12-7-10(20-2)3-5-13(12)19(15)8-11-4-6-14(16)21-11/h3-7,9H,8H2,1-2H3. The van der Waals surface area contributed by atoms with Gasteiger partial charge in [0.2, 0.25) is 0 Å². The van der Waals surface area contributed by atoms with Gasteiger partial charge in [0.15, 0.2) is 0 Å². The Hall–Kier alpha value is -1.04. The lowest BCUT2D eigenvalue weighted by molar-refractivity contribution is 0.415. The van der Waals surface area contributed by atoms with E-state index in [-0.39, 0.29) is 5.38 Å². The first-order valence-electron chi connectivity index (χ1n) is 6.51. The van der Waals surface area contributed by atoms with Crippen molar-refractivity contribution in [3.8, 4) is 5.75 Å². The van der Waals surface area contributed by atoms with Crippen molar-refractivity contribution in [3.63, 3.8) is 0 Å². The van der Waals surface area contributed by atoms with Crippen LogP contribution in [0.1, 0.15) is 23.0 Å². The lowest BCUT2D eigenvalue weighted by Gasteiger charge is -2.09. The summed E-state index contributed by atoms with van der Waals surface area (Å²) in [7, 11) is 1.66. The molecule has 0 spiro atoms. The second-order valence-electron chi connectivity index (χ2n) is 4.73. The minimum Gasteiger partial charge on any atom is -0.497 e. The molecule has 3 rings (SSSR count). The van der Waals surface area contributed by atoms with Gasteiger partial charge in [-0.15, -0.1) is 22.9 Å². The monoisotopic (exact) mass is 384 g/mol. The summed E-state index contributed by atoms with van der Waals surface area (Å²) < 4.78 is 8.57. The molecule has 0 amide bonds. The molecule has 0 N–H and O–H groups in total. The topological polar surface area (TPSA) is 27.1 Å². The zero-order chi connectivity index (χ0) is 15.0. The first-order chi connectivity index (χ1) is 10.1. The molecule has 6 heteroatoms. The SMILES string of the molecule is COc1ccc2c(c1)nc(C(C)Cl)n2Cc1ccc(Br)s1. The molecule has 0 aliphatic rings. The Morgan fingerprint density at radius 1 is 1.38 bits per heavy atom. The fourth-order valence-corrected chi connectivity index (χ4v) is 3.96. The first kappa shape index (κ1) is 14.9. The maximum Gasteiger partial charge on any atom is 0.128 e. The molecule has 2 heterocycles. The van der Waals surface area contributed by atoms with E-state index in [2.05, 4.69) is 37.6 Å². The van der Waals surface area contributed by atoms with Crippen LogP contribution in [-0.2, 0) is 6.54 Å². The van der Waals surface area contributed by atoms with Gasteiger partial charge < -0.3 is 9.30 Å². The Kier molecular flexibility index (Phi) is 4.24. The van der Waals surface area contributed by atoms with Gasteiger partial charge in [0.05, 0.1) is 33.9 Å². The van der Waals surface area contributed by atoms with Crippen LogP contribution >= 0.6 is 38.9 Å². The lowest BCUT2D eigenvalue weighted by atomic mass is 10.3. The molecule has 1 unspecified atom stereocenters. The number of methoxy groups -OCH3 is 1. The molecule has 0 bridgehead atoms. The third-order valence-electron chi connectivity index (χ3n) is 3.28. The maximum absolute atomic E-state index is 6.30. The molecule has 0 fully saturated rings. The Balaban J connectivity index is 2.11. The first-order valence-corrected chi connectivity index (χ1v) is 8.55. The summed E-state index contributed by atoms with van der Waals surface area (Å²) in [4.78, 5) is 5.93. The van der Waals surface area contributed by atoms with E-state index >= 15 is 0 Å². The number of fused-ring (bicyclic) bond motifs is 1. The number of ether oxygens (including phenoxy) is 1. The summed E-state index contributed by atoms with van der Waals surface area (Å²) in [5, 5.41) is -0.146. The summed E-state index contributed by atoms with van der Waals surface area (Å²) in [5.41, 5.74) is 1.98. The zero-order valence-corrected chi connectivity index (χ0v) is 14.8. The zero-order valence-electron chi connectivity index (χ0n) is 11.6. The van der Waals surface area contributed by atoms with Crippen LogP contribution in [0.3, 0.4) is 0 Å². The number of imidazole rings is 1. The molecule has 110 valence electrons. The fraction of sp³-hybridized carbons (Fsp3) is 0.267. The van der Waals surface area contributed by atoms with E-state index in [9.17, 15) is 0 Å². The molecule has 0 radical (unpaired) electrons. The van der Waals surface area contributed by atoms with Crippen LogP contribution in [0.15, 0.2) is 34.1 Å². The predicted octanol–water partition coefficient (Wildman–Crippen LogP) is 5.22. The summed E-state index contributed by atoms with van der Waals surface area (Å²) >= 11 is 11.5. The van der Waals surface area contributed by atoms with Crippen molar-refractivity contribution in [2.45, 2.75) is 18.8 Å². The van der Waals surface area contributed by atoms with E-state index < -0.39 is 0 Å². The smallest absolute Gasteiger partial charge is 0.128 e. The fourth-order valence-electron chi connectivity index (χ4n) is 2.32. The molecule has 1 atom stereocenters. The summed E-state index contributed by atoms with van der Waals surface area (Å²) in [6.07, 6.45) is 0. The minimum absolute atomic E-state index is 0.146. The number of aromatic nitrogens is 2. The molecule has 0 aliphatic heterocycles. The molecule has 0 saturated heterocycles. The van der Waals surface area contributed by atoms with Crippen LogP contribution in [0.5, 0.6) is 5.75 Å². The highest BCUT2D eigenvalue weighted by molar-refractivity contribution is 9.11. The van der Waals surface area contributed by atoms with E-state index in [1.54, 1.807) is 18.4 Å². The number of rotatable bonds is 4. The molecule has 0 aliphatic carbocycles. The van der Waals surface area contributed by atoms with Gasteiger partial charge in [0.1, 0.15) is 11.6 Å². The van der Waals surface area contributed by atoms with Gasteiger partial charge >= 0.3 is 0 Å². The third-order valence-corrected chi connectivity index (χ3v) is 5.09. The Labute approximate surface area is 140 Å². The van der Waals surface area contributed by atoms with Crippen molar-refractivity contribution in [1.82, 2.24) is 9.55 Å². The van der Waals surface area contributed by atoms with Gasteiger partial charge in [0.25, 0.3) is 0 Å². The highest BCUT2D eigenvalue weighted by Gasteiger charge is 2.16. The molecule has 0 saturated carbocycles. The Morgan fingerprint density at radius 3 is 2.81 bits per heavy atom. The van der Waals surface area contributed by atoms with Crippen molar-refractivity contribution < 1.29 is 4.74 Å². The number of benzene rings is 1. The Morgan fingerprint density at radius 2 is 2.19 bits per heavy atom. The van der Waals surface area contributed by atoms with E-state index in [4.69, 9.17) is 16.3 Å². The number of nitrogens with zero attached hydrogens (tertiary/aromatic N) is 2. The molecule has 2 aromatic heterocycles. The van der Waals surface area contributed by atoms with Crippen molar-refractivity contribution in [1.29, 1.82) is 0 Å². The minimum atomic E-state index is -0.146. The van der Waals surface area contributed by atoms with E-state index in [0.29, 0.717) is 0 Å². The number of thiophene rings is 1. The molecule has 1 aromatic carbocycles. The van der Waals surface area contributed by atoms with Crippen LogP contribution in [0.2, 0.25) is 0 Å². The summed E-state index contributed by atoms with van der Waals surface area (Å²) in [6.45, 7) is 2.71. The Bertz CT molecular complexity index is 781. The van der Waals surface area contributed by atoms with Crippen molar-refractivity contribution >= 4 is 49.9 Å². The molecular weight excluding hydrogens is 372 g/mol. The van der Waals surface area contributed by atoms with Gasteiger partial charge in [-0.2, -0.15) is 0 Å². The number of halogens is 2. The van der Waals surface area contributed by atoms with Crippen LogP contribution in [0.4, 0.5) is 0 Å². The number of alkyl halides is 1. The lowest BCUT2D eigenvalue weighted by Crippen LogP contribution is -2.04. The van der Waals surface area contributed by atoms with Gasteiger partial charge in [-0.3, -0.25) is 0 Å². The number of hydrogen-bond acceptors (Lipinski definition) is 3. The van der Waals surface area contributed by atoms with E-state index in [1.807, 2.05) is 25.1 Å². The third kappa shape index (κ3) is 2.96. The van der Waals surface area contributed by atoms with E-state index in [0.717, 1.165) is 32.9 Å².